The van der Waals surface area contributed by atoms with Gasteiger partial charge in [0.1, 0.15) is 5.78 Å². The van der Waals surface area contributed by atoms with Crippen molar-refractivity contribution in [3.05, 3.63) is 0 Å². The van der Waals surface area contributed by atoms with Crippen molar-refractivity contribution in [1.29, 1.82) is 0 Å². The van der Waals surface area contributed by atoms with E-state index < -0.39 is 6.04 Å². The van der Waals surface area contributed by atoms with E-state index in [9.17, 15) is 9.59 Å². The Labute approximate surface area is 116 Å². The molecular weight excluding hydrogens is 240 g/mol. The van der Waals surface area contributed by atoms with Gasteiger partial charge in [-0.05, 0) is 24.7 Å². The van der Waals surface area contributed by atoms with Gasteiger partial charge in [-0.2, -0.15) is 0 Å². The maximum absolute atomic E-state index is 12.3. The number of ketones is 1. The molecule has 4 heteroatoms. The third-order valence-corrected chi connectivity index (χ3v) is 3.74. The van der Waals surface area contributed by atoms with Crippen LogP contribution in [-0.2, 0) is 9.59 Å². The van der Waals surface area contributed by atoms with Gasteiger partial charge >= 0.3 is 0 Å². The molecule has 1 aliphatic rings. The number of hydrogen-bond donors (Lipinski definition) is 1. The molecule has 110 valence electrons. The van der Waals surface area contributed by atoms with E-state index in [4.69, 9.17) is 5.73 Å². The van der Waals surface area contributed by atoms with Crippen molar-refractivity contribution in [3.8, 4) is 0 Å². The second kappa shape index (κ2) is 6.51. The normalized spacial score (nSPS) is 21.7. The zero-order valence-corrected chi connectivity index (χ0v) is 12.8. The first kappa shape index (κ1) is 16.2. The highest BCUT2D eigenvalue weighted by molar-refractivity contribution is 5.97. The van der Waals surface area contributed by atoms with E-state index in [2.05, 4.69) is 27.7 Å². The fraction of sp³-hybridized carbons (Fsp3) is 0.867. The number of hydrogen-bond acceptors (Lipinski definition) is 3. The Bertz CT molecular complexity index is 339. The molecule has 1 amide bonds. The summed E-state index contributed by atoms with van der Waals surface area (Å²) in [5, 5.41) is 0. The Morgan fingerprint density at radius 1 is 1.26 bits per heavy atom. The molecule has 1 saturated carbocycles. The number of amides is 1. The predicted molar refractivity (Wildman–Crippen MR) is 76.6 cm³/mol. The van der Waals surface area contributed by atoms with Gasteiger partial charge in [0.2, 0.25) is 5.91 Å². The summed E-state index contributed by atoms with van der Waals surface area (Å²) in [5.74, 6) is 1.16. The van der Waals surface area contributed by atoms with Crippen molar-refractivity contribution in [3.63, 3.8) is 0 Å². The van der Waals surface area contributed by atoms with Crippen molar-refractivity contribution in [2.24, 2.45) is 23.5 Å². The van der Waals surface area contributed by atoms with Crippen molar-refractivity contribution < 1.29 is 9.59 Å². The summed E-state index contributed by atoms with van der Waals surface area (Å²) >= 11 is 0. The third kappa shape index (κ3) is 4.60. The first-order chi connectivity index (χ1) is 8.73. The van der Waals surface area contributed by atoms with Crippen LogP contribution in [0.5, 0.6) is 0 Å². The molecule has 0 heterocycles. The Morgan fingerprint density at radius 2 is 1.74 bits per heavy atom. The van der Waals surface area contributed by atoms with E-state index in [1.54, 1.807) is 11.9 Å². The van der Waals surface area contributed by atoms with Crippen LogP contribution in [0.1, 0.15) is 47.0 Å². The van der Waals surface area contributed by atoms with E-state index in [1.165, 1.54) is 0 Å². The SMILES string of the molecule is CC(C)C[C@H](N)C(=O)N(C)[C@@H](CC(C)C)C1CC1=O. The summed E-state index contributed by atoms with van der Waals surface area (Å²) in [6.07, 6.45) is 2.18. The lowest BCUT2D eigenvalue weighted by molar-refractivity contribution is -0.134. The van der Waals surface area contributed by atoms with Gasteiger partial charge in [0.25, 0.3) is 0 Å². The summed E-state index contributed by atoms with van der Waals surface area (Å²) < 4.78 is 0. The van der Waals surface area contributed by atoms with Gasteiger partial charge in [-0.3, -0.25) is 9.59 Å². The lowest BCUT2D eigenvalue weighted by Gasteiger charge is -2.31. The van der Waals surface area contributed by atoms with Gasteiger partial charge in [-0.15, -0.1) is 0 Å². The van der Waals surface area contributed by atoms with E-state index in [-0.39, 0.29) is 23.7 Å². The van der Waals surface area contributed by atoms with Gasteiger partial charge in [0.05, 0.1) is 6.04 Å². The Morgan fingerprint density at radius 3 is 2.11 bits per heavy atom. The number of Topliss-reactive ketones (excluding diaryl/α,β-unsaturated/α-hetero) is 1. The Balaban J connectivity index is 2.67. The van der Waals surface area contributed by atoms with Crippen molar-refractivity contribution in [1.82, 2.24) is 4.90 Å². The monoisotopic (exact) mass is 268 g/mol. The molecule has 1 rings (SSSR count). The lowest BCUT2D eigenvalue weighted by atomic mass is 9.97. The third-order valence-electron chi connectivity index (χ3n) is 3.74. The second-order valence-electron chi connectivity index (χ2n) is 6.66. The first-order valence-corrected chi connectivity index (χ1v) is 7.29. The maximum atomic E-state index is 12.3. The van der Waals surface area contributed by atoms with Gasteiger partial charge in [0.15, 0.2) is 0 Å². The molecule has 1 aliphatic carbocycles. The van der Waals surface area contributed by atoms with E-state index in [0.29, 0.717) is 24.7 Å². The number of likely N-dealkylation sites (N-methyl/N-ethyl adjacent to an activating group) is 1. The molecule has 4 nitrogen and oxygen atoms in total. The van der Waals surface area contributed by atoms with Crippen LogP contribution in [0.2, 0.25) is 0 Å². The standard InChI is InChI=1S/C15H28N2O2/c1-9(2)6-12(16)15(19)17(5)13(7-10(3)4)11-8-14(11)18/h9-13H,6-8,16H2,1-5H3/t11?,12-,13-/m0/s1. The van der Waals surface area contributed by atoms with Crippen LogP contribution in [0.25, 0.3) is 0 Å². The average Bonchev–Trinajstić information content (AvgIpc) is 3.00. The molecule has 1 fully saturated rings. The highest BCUT2D eigenvalue weighted by atomic mass is 16.2. The topological polar surface area (TPSA) is 63.4 Å². The molecule has 1 unspecified atom stereocenters. The summed E-state index contributed by atoms with van der Waals surface area (Å²) in [7, 11) is 1.79. The van der Waals surface area contributed by atoms with Gasteiger partial charge in [-0.1, -0.05) is 27.7 Å². The molecule has 0 bridgehead atoms. The number of nitrogens with zero attached hydrogens (tertiary/aromatic N) is 1. The number of carbonyl (C=O) groups is 2. The summed E-state index contributed by atoms with van der Waals surface area (Å²) in [6, 6.07) is -0.424. The molecule has 3 atom stereocenters. The minimum atomic E-state index is -0.450. The zero-order chi connectivity index (χ0) is 14.7. The number of nitrogens with two attached hydrogens (primary N) is 1. The van der Waals surface area contributed by atoms with Crippen molar-refractivity contribution in [2.75, 3.05) is 7.05 Å². The van der Waals surface area contributed by atoms with Crippen LogP contribution < -0.4 is 5.73 Å². The van der Waals surface area contributed by atoms with Crippen LogP contribution in [0.15, 0.2) is 0 Å². The zero-order valence-electron chi connectivity index (χ0n) is 12.8. The number of carbonyl (C=O) groups excluding carboxylic acids is 2. The molecule has 0 spiro atoms. The van der Waals surface area contributed by atoms with Gasteiger partial charge in [0, 0.05) is 25.4 Å². The molecule has 2 N–H and O–H groups in total. The molecule has 0 aromatic carbocycles. The lowest BCUT2D eigenvalue weighted by Crippen LogP contribution is -2.48. The molecule has 0 radical (unpaired) electrons. The van der Waals surface area contributed by atoms with E-state index in [0.717, 1.165) is 6.42 Å². The van der Waals surface area contributed by atoms with Crippen molar-refractivity contribution in [2.45, 2.75) is 59.0 Å². The number of rotatable bonds is 7. The molecule has 0 saturated heterocycles. The highest BCUT2D eigenvalue weighted by Crippen LogP contribution is 2.34. The van der Waals surface area contributed by atoms with E-state index in [1.807, 2.05) is 0 Å². The fourth-order valence-corrected chi connectivity index (χ4v) is 2.62. The van der Waals surface area contributed by atoms with Crippen LogP contribution in [0.4, 0.5) is 0 Å². The molecule has 19 heavy (non-hydrogen) atoms. The highest BCUT2D eigenvalue weighted by Gasteiger charge is 2.44. The molecular formula is C15H28N2O2. The molecule has 0 aromatic heterocycles. The second-order valence-corrected chi connectivity index (χ2v) is 6.66. The van der Waals surface area contributed by atoms with E-state index >= 15 is 0 Å². The first-order valence-electron chi connectivity index (χ1n) is 7.29. The minimum absolute atomic E-state index is 0.0261. The Hall–Kier alpha value is -0.900. The summed E-state index contributed by atoms with van der Waals surface area (Å²) in [6.45, 7) is 8.35. The molecule has 0 aliphatic heterocycles. The summed E-state index contributed by atoms with van der Waals surface area (Å²) in [5.41, 5.74) is 5.97. The van der Waals surface area contributed by atoms with Gasteiger partial charge in [-0.25, -0.2) is 0 Å². The van der Waals surface area contributed by atoms with Crippen LogP contribution in [-0.4, -0.2) is 35.7 Å². The largest absolute Gasteiger partial charge is 0.341 e. The van der Waals surface area contributed by atoms with Crippen LogP contribution in [0, 0.1) is 17.8 Å². The smallest absolute Gasteiger partial charge is 0.239 e. The van der Waals surface area contributed by atoms with Crippen LogP contribution in [0.3, 0.4) is 0 Å². The minimum Gasteiger partial charge on any atom is -0.341 e. The average molecular weight is 268 g/mol. The maximum Gasteiger partial charge on any atom is 0.239 e. The summed E-state index contributed by atoms with van der Waals surface area (Å²) in [4.78, 5) is 25.5. The van der Waals surface area contributed by atoms with Gasteiger partial charge < -0.3 is 10.6 Å². The predicted octanol–water partition coefficient (Wildman–Crippen LogP) is 1.82. The van der Waals surface area contributed by atoms with Crippen molar-refractivity contribution >= 4 is 11.7 Å². The van der Waals surface area contributed by atoms with Crippen LogP contribution >= 0.6 is 0 Å². The fourth-order valence-electron chi connectivity index (χ4n) is 2.62. The molecule has 0 aromatic rings. The Kier molecular flexibility index (Phi) is 5.53. The quantitative estimate of drug-likeness (QED) is 0.766.